The van der Waals surface area contributed by atoms with Gasteiger partial charge in [0.2, 0.25) is 5.91 Å². The van der Waals surface area contributed by atoms with Gasteiger partial charge in [0.15, 0.2) is 0 Å². The van der Waals surface area contributed by atoms with E-state index in [0.717, 1.165) is 0 Å². The number of hydrogen-bond donors (Lipinski definition) is 3. The molecule has 3 amide bonds. The summed E-state index contributed by atoms with van der Waals surface area (Å²) < 4.78 is 9.92. The van der Waals surface area contributed by atoms with E-state index in [1.807, 2.05) is 0 Å². The topological polar surface area (TPSA) is 123 Å². The van der Waals surface area contributed by atoms with Gasteiger partial charge in [0.25, 0.3) is 0 Å². The van der Waals surface area contributed by atoms with E-state index in [0.29, 0.717) is 22.7 Å². The fourth-order valence-corrected chi connectivity index (χ4v) is 2.24. The third-order valence-corrected chi connectivity index (χ3v) is 3.62. The molecule has 0 atom stereocenters. The first-order valence-electron chi connectivity index (χ1n) is 8.73. The molecular weight excluding hydrogens is 378 g/mol. The van der Waals surface area contributed by atoms with Crippen molar-refractivity contribution in [2.24, 2.45) is 0 Å². The second kappa shape index (κ2) is 10.5. The normalized spacial score (nSPS) is 9.86. The third-order valence-electron chi connectivity index (χ3n) is 3.62. The Labute approximate surface area is 167 Å². The minimum Gasteiger partial charge on any atom is -0.497 e. The molecule has 0 fully saturated rings. The molecule has 0 radical (unpaired) electrons. The molecule has 2 rings (SSSR count). The fraction of sp³-hybridized carbons (Fsp3) is 0.200. The Morgan fingerprint density at radius 2 is 1.62 bits per heavy atom. The molecule has 0 saturated heterocycles. The summed E-state index contributed by atoms with van der Waals surface area (Å²) >= 11 is 0. The largest absolute Gasteiger partial charge is 0.497 e. The van der Waals surface area contributed by atoms with Crippen LogP contribution in [0.15, 0.2) is 48.5 Å². The summed E-state index contributed by atoms with van der Waals surface area (Å²) in [7, 11) is 1.50. The smallest absolute Gasteiger partial charge is 0.338 e. The Kier molecular flexibility index (Phi) is 7.72. The van der Waals surface area contributed by atoms with Gasteiger partial charge in [-0.05, 0) is 43.3 Å². The predicted octanol–water partition coefficient (Wildman–Crippen LogP) is 1.57. The van der Waals surface area contributed by atoms with Gasteiger partial charge in [-0.15, -0.1) is 0 Å². The van der Waals surface area contributed by atoms with Gasteiger partial charge in [0.05, 0.1) is 25.8 Å². The number of rotatable bonds is 7. The number of esters is 1. The van der Waals surface area contributed by atoms with Crippen molar-refractivity contribution in [3.63, 3.8) is 0 Å². The van der Waals surface area contributed by atoms with Crippen molar-refractivity contribution < 1.29 is 28.7 Å². The van der Waals surface area contributed by atoms with Gasteiger partial charge in [0.1, 0.15) is 5.75 Å². The SMILES string of the molecule is CCOC(=O)c1ccc(NC(=O)C(=O)NCC(=O)Nc2cccc(OC)c2)cc1. The number of hydrogen-bond acceptors (Lipinski definition) is 6. The number of methoxy groups -OCH3 is 1. The third kappa shape index (κ3) is 6.65. The number of amides is 3. The van der Waals surface area contributed by atoms with E-state index in [1.54, 1.807) is 31.2 Å². The summed E-state index contributed by atoms with van der Waals surface area (Å²) in [6.45, 7) is 1.57. The van der Waals surface area contributed by atoms with Crippen molar-refractivity contribution in [3.05, 3.63) is 54.1 Å². The maximum Gasteiger partial charge on any atom is 0.338 e. The number of anilines is 2. The van der Waals surface area contributed by atoms with Crippen LogP contribution in [0, 0.1) is 0 Å². The minimum absolute atomic E-state index is 0.253. The maximum atomic E-state index is 11.9. The number of carbonyl (C=O) groups excluding carboxylic acids is 4. The summed E-state index contributed by atoms with van der Waals surface area (Å²) in [5.74, 6) is -2.33. The lowest BCUT2D eigenvalue weighted by atomic mass is 10.2. The van der Waals surface area contributed by atoms with Gasteiger partial charge in [-0.3, -0.25) is 14.4 Å². The summed E-state index contributed by atoms with van der Waals surface area (Å²) in [6.07, 6.45) is 0. The molecule has 0 bridgehead atoms. The molecule has 0 aliphatic heterocycles. The molecule has 0 aliphatic carbocycles. The first kappa shape index (κ1) is 21.4. The van der Waals surface area contributed by atoms with Crippen LogP contribution in [0.5, 0.6) is 5.75 Å². The number of ether oxygens (including phenoxy) is 2. The number of nitrogens with one attached hydrogen (secondary N) is 3. The summed E-state index contributed by atoms with van der Waals surface area (Å²) in [6, 6.07) is 12.6. The van der Waals surface area contributed by atoms with Gasteiger partial charge in [-0.25, -0.2) is 4.79 Å². The van der Waals surface area contributed by atoms with Crippen molar-refractivity contribution in [1.29, 1.82) is 0 Å². The molecule has 9 nitrogen and oxygen atoms in total. The second-order valence-electron chi connectivity index (χ2n) is 5.71. The summed E-state index contributed by atoms with van der Waals surface area (Å²) in [5.41, 5.74) is 1.14. The van der Waals surface area contributed by atoms with Crippen molar-refractivity contribution in [2.75, 3.05) is 30.9 Å². The second-order valence-corrected chi connectivity index (χ2v) is 5.71. The van der Waals surface area contributed by atoms with Crippen LogP contribution in [0.3, 0.4) is 0 Å². The molecule has 0 aliphatic rings. The van der Waals surface area contributed by atoms with Crippen LogP contribution >= 0.6 is 0 Å². The van der Waals surface area contributed by atoms with Crippen LogP contribution in [0.4, 0.5) is 11.4 Å². The quantitative estimate of drug-likeness (QED) is 0.480. The first-order chi connectivity index (χ1) is 13.9. The highest BCUT2D eigenvalue weighted by molar-refractivity contribution is 6.39. The minimum atomic E-state index is -0.972. The van der Waals surface area contributed by atoms with E-state index in [2.05, 4.69) is 16.0 Å². The molecule has 0 aromatic heterocycles. The highest BCUT2D eigenvalue weighted by Crippen LogP contribution is 2.16. The molecule has 29 heavy (non-hydrogen) atoms. The van der Waals surface area contributed by atoms with E-state index in [4.69, 9.17) is 9.47 Å². The van der Waals surface area contributed by atoms with Crippen LogP contribution < -0.4 is 20.7 Å². The highest BCUT2D eigenvalue weighted by Gasteiger charge is 2.15. The van der Waals surface area contributed by atoms with E-state index in [1.165, 1.54) is 31.4 Å². The van der Waals surface area contributed by atoms with Crippen LogP contribution in [-0.4, -0.2) is 44.0 Å². The molecule has 0 unspecified atom stereocenters. The molecule has 0 heterocycles. The maximum absolute atomic E-state index is 11.9. The first-order valence-corrected chi connectivity index (χ1v) is 8.73. The molecule has 9 heteroatoms. The van der Waals surface area contributed by atoms with Crippen molar-refractivity contribution in [1.82, 2.24) is 5.32 Å². The Morgan fingerprint density at radius 3 is 2.28 bits per heavy atom. The average molecular weight is 399 g/mol. The molecule has 152 valence electrons. The lowest BCUT2D eigenvalue weighted by Crippen LogP contribution is -2.39. The van der Waals surface area contributed by atoms with Gasteiger partial charge in [-0.1, -0.05) is 6.07 Å². The molecule has 0 spiro atoms. The van der Waals surface area contributed by atoms with Gasteiger partial charge in [0, 0.05) is 17.4 Å². The van der Waals surface area contributed by atoms with Crippen LogP contribution in [0.1, 0.15) is 17.3 Å². The Bertz CT molecular complexity index is 895. The number of benzene rings is 2. The fourth-order valence-electron chi connectivity index (χ4n) is 2.24. The molecule has 2 aromatic carbocycles. The van der Waals surface area contributed by atoms with Crippen LogP contribution in [0.25, 0.3) is 0 Å². The summed E-state index contributed by atoms with van der Waals surface area (Å²) in [4.78, 5) is 47.3. The van der Waals surface area contributed by atoms with Gasteiger partial charge >= 0.3 is 17.8 Å². The zero-order valence-corrected chi connectivity index (χ0v) is 16.0. The molecule has 2 aromatic rings. The van der Waals surface area contributed by atoms with E-state index < -0.39 is 23.7 Å². The van der Waals surface area contributed by atoms with E-state index >= 15 is 0 Å². The number of carbonyl (C=O) groups is 4. The van der Waals surface area contributed by atoms with Crippen molar-refractivity contribution in [2.45, 2.75) is 6.92 Å². The van der Waals surface area contributed by atoms with Crippen molar-refractivity contribution >= 4 is 35.1 Å². The van der Waals surface area contributed by atoms with E-state index in [9.17, 15) is 19.2 Å². The molecule has 3 N–H and O–H groups in total. The monoisotopic (exact) mass is 399 g/mol. The van der Waals surface area contributed by atoms with Gasteiger partial charge < -0.3 is 25.4 Å². The highest BCUT2D eigenvalue weighted by atomic mass is 16.5. The standard InChI is InChI=1S/C20H21N3O6/c1-3-29-20(27)13-7-9-14(10-8-13)23-19(26)18(25)21-12-17(24)22-15-5-4-6-16(11-15)28-2/h4-11H,3,12H2,1-2H3,(H,21,25)(H,22,24)(H,23,26). The van der Waals surface area contributed by atoms with Crippen molar-refractivity contribution in [3.8, 4) is 5.75 Å². The Balaban J connectivity index is 1.81. The van der Waals surface area contributed by atoms with Gasteiger partial charge in [-0.2, -0.15) is 0 Å². The lowest BCUT2D eigenvalue weighted by Gasteiger charge is -2.09. The Hall–Kier alpha value is -3.88. The Morgan fingerprint density at radius 1 is 0.897 bits per heavy atom. The molecular formula is C20H21N3O6. The average Bonchev–Trinajstić information content (AvgIpc) is 2.72. The lowest BCUT2D eigenvalue weighted by molar-refractivity contribution is -0.136. The zero-order valence-electron chi connectivity index (χ0n) is 16.0. The van der Waals surface area contributed by atoms with Crippen LogP contribution in [-0.2, 0) is 19.1 Å². The summed E-state index contributed by atoms with van der Waals surface area (Å²) in [5, 5.41) is 7.18. The van der Waals surface area contributed by atoms with E-state index in [-0.39, 0.29) is 13.2 Å². The zero-order chi connectivity index (χ0) is 21.2. The predicted molar refractivity (Wildman–Crippen MR) is 106 cm³/mol. The molecule has 0 saturated carbocycles. The van der Waals surface area contributed by atoms with Crippen LogP contribution in [0.2, 0.25) is 0 Å².